The lowest BCUT2D eigenvalue weighted by atomic mass is 9.93. The highest BCUT2D eigenvalue weighted by molar-refractivity contribution is 6.30. The SMILES string of the molecule is O=C(/N=C(/Nc1ccc(Cl)c(F)c1)N[C@H]1CC[C@H](O)CC1)c1ccc(C(F)(F)F)cc1. The highest BCUT2D eigenvalue weighted by atomic mass is 35.5. The van der Waals surface area contributed by atoms with E-state index in [0.717, 1.165) is 30.3 Å². The van der Waals surface area contributed by atoms with Crippen LogP contribution in [0.2, 0.25) is 5.02 Å². The van der Waals surface area contributed by atoms with Gasteiger partial charge < -0.3 is 15.7 Å². The van der Waals surface area contributed by atoms with Crippen LogP contribution in [0.25, 0.3) is 0 Å². The van der Waals surface area contributed by atoms with E-state index in [1.807, 2.05) is 0 Å². The van der Waals surface area contributed by atoms with Crippen molar-refractivity contribution in [3.8, 4) is 0 Å². The first-order chi connectivity index (χ1) is 14.6. The number of benzene rings is 2. The Bertz CT molecular complexity index is 956. The Morgan fingerprint density at radius 3 is 2.29 bits per heavy atom. The van der Waals surface area contributed by atoms with E-state index in [9.17, 15) is 27.5 Å². The number of guanidine groups is 1. The molecule has 0 unspecified atom stereocenters. The number of aliphatic imine (C=N–C) groups is 1. The third-order valence-corrected chi connectivity index (χ3v) is 5.20. The number of alkyl halides is 3. The number of nitrogens with zero attached hydrogens (tertiary/aromatic N) is 1. The number of nitrogens with one attached hydrogen (secondary N) is 2. The molecule has 0 heterocycles. The van der Waals surface area contributed by atoms with Gasteiger partial charge in [-0.15, -0.1) is 0 Å². The van der Waals surface area contributed by atoms with Crippen molar-refractivity contribution < 1.29 is 27.5 Å². The zero-order valence-corrected chi connectivity index (χ0v) is 17.0. The van der Waals surface area contributed by atoms with Crippen LogP contribution >= 0.6 is 11.6 Å². The van der Waals surface area contributed by atoms with E-state index in [4.69, 9.17) is 11.6 Å². The van der Waals surface area contributed by atoms with Crippen LogP contribution in [0.5, 0.6) is 0 Å². The van der Waals surface area contributed by atoms with Gasteiger partial charge in [0.1, 0.15) is 5.82 Å². The number of halogens is 5. The molecule has 0 aliphatic heterocycles. The summed E-state index contributed by atoms with van der Waals surface area (Å²) in [5, 5.41) is 15.5. The van der Waals surface area contributed by atoms with Gasteiger partial charge in [0.15, 0.2) is 0 Å². The van der Waals surface area contributed by atoms with Crippen molar-refractivity contribution in [3.63, 3.8) is 0 Å². The van der Waals surface area contributed by atoms with Crippen LogP contribution in [0.3, 0.4) is 0 Å². The molecule has 1 fully saturated rings. The van der Waals surface area contributed by atoms with E-state index in [1.54, 1.807) is 0 Å². The van der Waals surface area contributed by atoms with E-state index in [1.165, 1.54) is 12.1 Å². The highest BCUT2D eigenvalue weighted by Crippen LogP contribution is 2.29. The Labute approximate surface area is 181 Å². The summed E-state index contributed by atoms with van der Waals surface area (Å²) in [6.45, 7) is 0. The van der Waals surface area contributed by atoms with Crippen LogP contribution in [0, 0.1) is 5.82 Å². The predicted molar refractivity (Wildman–Crippen MR) is 110 cm³/mol. The summed E-state index contributed by atoms with van der Waals surface area (Å²) in [4.78, 5) is 16.5. The number of aliphatic hydroxyl groups excluding tert-OH is 1. The summed E-state index contributed by atoms with van der Waals surface area (Å²) >= 11 is 5.69. The second kappa shape index (κ2) is 9.65. The van der Waals surface area contributed by atoms with Crippen molar-refractivity contribution in [2.45, 2.75) is 44.0 Å². The maximum absolute atomic E-state index is 13.8. The third-order valence-electron chi connectivity index (χ3n) is 4.89. The zero-order chi connectivity index (χ0) is 22.6. The minimum atomic E-state index is -4.51. The van der Waals surface area contributed by atoms with Gasteiger partial charge in [0.25, 0.3) is 5.91 Å². The molecule has 3 rings (SSSR count). The molecular weight excluding hydrogens is 438 g/mol. The molecule has 0 atom stereocenters. The fourth-order valence-electron chi connectivity index (χ4n) is 3.19. The molecule has 0 spiro atoms. The quantitative estimate of drug-likeness (QED) is 0.344. The number of anilines is 1. The first-order valence-electron chi connectivity index (χ1n) is 9.59. The van der Waals surface area contributed by atoms with E-state index in [2.05, 4.69) is 15.6 Å². The highest BCUT2D eigenvalue weighted by Gasteiger charge is 2.30. The maximum atomic E-state index is 13.8. The second-order valence-electron chi connectivity index (χ2n) is 7.24. The van der Waals surface area contributed by atoms with Crippen molar-refractivity contribution in [1.82, 2.24) is 5.32 Å². The molecule has 2 aromatic rings. The zero-order valence-electron chi connectivity index (χ0n) is 16.2. The van der Waals surface area contributed by atoms with Gasteiger partial charge in [0, 0.05) is 17.3 Å². The van der Waals surface area contributed by atoms with Crippen LogP contribution in [-0.4, -0.2) is 29.1 Å². The lowest BCUT2D eigenvalue weighted by molar-refractivity contribution is -0.137. The number of rotatable bonds is 3. The Hall–Kier alpha value is -2.65. The average Bonchev–Trinajstić information content (AvgIpc) is 2.72. The molecule has 3 N–H and O–H groups in total. The van der Waals surface area contributed by atoms with Gasteiger partial charge in [-0.2, -0.15) is 18.2 Å². The monoisotopic (exact) mass is 457 g/mol. The van der Waals surface area contributed by atoms with Crippen molar-refractivity contribution in [3.05, 3.63) is 64.4 Å². The molecule has 1 amide bonds. The molecule has 0 saturated heterocycles. The number of aliphatic hydroxyl groups is 1. The molecule has 5 nitrogen and oxygen atoms in total. The van der Waals surface area contributed by atoms with E-state index in [0.29, 0.717) is 25.7 Å². The molecule has 0 aromatic heterocycles. The van der Waals surface area contributed by atoms with Gasteiger partial charge in [-0.05, 0) is 68.1 Å². The van der Waals surface area contributed by atoms with Gasteiger partial charge in [0.2, 0.25) is 5.96 Å². The molecule has 1 aliphatic carbocycles. The van der Waals surface area contributed by atoms with Gasteiger partial charge >= 0.3 is 6.18 Å². The summed E-state index contributed by atoms with van der Waals surface area (Å²) < 4.78 is 52.0. The smallest absolute Gasteiger partial charge is 0.393 e. The van der Waals surface area contributed by atoms with E-state index >= 15 is 0 Å². The maximum Gasteiger partial charge on any atom is 0.416 e. The lowest BCUT2D eigenvalue weighted by Crippen LogP contribution is -2.42. The number of hydrogen-bond donors (Lipinski definition) is 3. The van der Waals surface area contributed by atoms with Gasteiger partial charge in [-0.1, -0.05) is 11.6 Å². The van der Waals surface area contributed by atoms with Crippen molar-refractivity contribution in [2.24, 2.45) is 4.99 Å². The fraction of sp³-hybridized carbons (Fsp3) is 0.333. The molecule has 31 heavy (non-hydrogen) atoms. The van der Waals surface area contributed by atoms with Crippen LogP contribution in [0.4, 0.5) is 23.2 Å². The van der Waals surface area contributed by atoms with Crippen LogP contribution in [0.15, 0.2) is 47.5 Å². The summed E-state index contributed by atoms with van der Waals surface area (Å²) in [5.74, 6) is -1.41. The molecule has 1 saturated carbocycles. The van der Waals surface area contributed by atoms with Gasteiger partial charge in [-0.25, -0.2) is 4.39 Å². The Kier molecular flexibility index (Phi) is 7.17. The minimum absolute atomic E-state index is 0.0213. The van der Waals surface area contributed by atoms with Crippen molar-refractivity contribution in [1.29, 1.82) is 0 Å². The molecule has 166 valence electrons. The van der Waals surface area contributed by atoms with E-state index in [-0.39, 0.29) is 34.4 Å². The number of hydrogen-bond acceptors (Lipinski definition) is 2. The average molecular weight is 458 g/mol. The summed E-state index contributed by atoms with van der Waals surface area (Å²) in [7, 11) is 0. The third kappa shape index (κ3) is 6.41. The molecule has 2 aromatic carbocycles. The largest absolute Gasteiger partial charge is 0.416 e. The van der Waals surface area contributed by atoms with Crippen LogP contribution in [0.1, 0.15) is 41.6 Å². The minimum Gasteiger partial charge on any atom is -0.393 e. The van der Waals surface area contributed by atoms with Crippen LogP contribution in [-0.2, 0) is 6.18 Å². The summed E-state index contributed by atoms with van der Waals surface area (Å²) in [6, 6.07) is 7.58. The normalized spacial score (nSPS) is 19.7. The second-order valence-corrected chi connectivity index (χ2v) is 7.65. The fourth-order valence-corrected chi connectivity index (χ4v) is 3.31. The predicted octanol–water partition coefficient (Wildman–Crippen LogP) is 5.00. The first-order valence-corrected chi connectivity index (χ1v) is 9.96. The molecule has 1 aliphatic rings. The van der Waals surface area contributed by atoms with Gasteiger partial charge in [-0.3, -0.25) is 4.79 Å². The Morgan fingerprint density at radius 1 is 1.06 bits per heavy atom. The number of amides is 1. The van der Waals surface area contributed by atoms with Crippen LogP contribution < -0.4 is 10.6 Å². The van der Waals surface area contributed by atoms with Gasteiger partial charge in [0.05, 0.1) is 16.7 Å². The Balaban J connectivity index is 1.82. The first kappa shape index (κ1) is 23.0. The number of carbonyl (C=O) groups is 1. The topological polar surface area (TPSA) is 73.7 Å². The van der Waals surface area contributed by atoms with Crippen molar-refractivity contribution in [2.75, 3.05) is 5.32 Å². The molecule has 0 radical (unpaired) electrons. The Morgan fingerprint density at radius 2 is 1.71 bits per heavy atom. The molecular formula is C21H20ClF4N3O2. The van der Waals surface area contributed by atoms with E-state index < -0.39 is 23.5 Å². The molecule has 0 bridgehead atoms. The summed E-state index contributed by atoms with van der Waals surface area (Å²) in [5.41, 5.74) is -0.624. The standard InChI is InChI=1S/C21H20ClF4N3O2/c22-17-10-7-15(11-18(17)23)28-20(27-14-5-8-16(30)9-6-14)29-19(31)12-1-3-13(4-2-12)21(24,25)26/h1-4,7,10-11,14,16,30H,5-6,8-9H2,(H2,27,28,29,31)/t14-,16-. The summed E-state index contributed by atoms with van der Waals surface area (Å²) in [6.07, 6.45) is -2.48. The lowest BCUT2D eigenvalue weighted by Gasteiger charge is -2.27. The molecule has 10 heteroatoms. The number of carbonyl (C=O) groups excluding carboxylic acids is 1. The van der Waals surface area contributed by atoms with Crippen molar-refractivity contribution >= 4 is 29.2 Å².